The predicted molar refractivity (Wildman–Crippen MR) is 117 cm³/mol. The number of aryl methyl sites for hydroxylation is 1. The number of fused-ring (bicyclic) bond motifs is 2. The maximum Gasteiger partial charge on any atom is 0.292 e. The SMILES string of the molecule is CCCn1nc(C(=O)N/N=C/c2c(O)ccc3ccccc23)c2ccccc2c1=O. The molecule has 7 heteroatoms. The highest BCUT2D eigenvalue weighted by Crippen LogP contribution is 2.25. The number of phenols is 1. The summed E-state index contributed by atoms with van der Waals surface area (Å²) in [5, 5.41) is 21.1. The Bertz CT molecular complexity index is 1340. The van der Waals surface area contributed by atoms with E-state index in [-0.39, 0.29) is 17.0 Å². The van der Waals surface area contributed by atoms with E-state index in [0.717, 1.165) is 10.8 Å². The van der Waals surface area contributed by atoms with E-state index in [0.29, 0.717) is 29.3 Å². The van der Waals surface area contributed by atoms with Gasteiger partial charge in [-0.15, -0.1) is 0 Å². The molecule has 0 saturated heterocycles. The minimum absolute atomic E-state index is 0.0618. The van der Waals surface area contributed by atoms with Gasteiger partial charge in [0.2, 0.25) is 0 Å². The van der Waals surface area contributed by atoms with Crippen molar-refractivity contribution in [1.29, 1.82) is 0 Å². The van der Waals surface area contributed by atoms with Gasteiger partial charge in [0.05, 0.1) is 11.6 Å². The molecule has 0 aliphatic rings. The summed E-state index contributed by atoms with van der Waals surface area (Å²) in [5.74, 6) is -0.473. The fourth-order valence-corrected chi connectivity index (χ4v) is 3.39. The molecular formula is C23H20N4O3. The number of nitrogens with one attached hydrogen (secondary N) is 1. The van der Waals surface area contributed by atoms with Crippen molar-refractivity contribution in [2.75, 3.05) is 0 Å². The molecule has 0 saturated carbocycles. The van der Waals surface area contributed by atoms with E-state index in [4.69, 9.17) is 0 Å². The zero-order valence-electron chi connectivity index (χ0n) is 16.4. The van der Waals surface area contributed by atoms with Crippen LogP contribution in [0.2, 0.25) is 0 Å². The highest BCUT2D eigenvalue weighted by molar-refractivity contribution is 6.06. The minimum atomic E-state index is -0.535. The molecule has 0 bridgehead atoms. The number of hydrogen-bond acceptors (Lipinski definition) is 5. The Balaban J connectivity index is 1.69. The van der Waals surface area contributed by atoms with Gasteiger partial charge in [0, 0.05) is 17.5 Å². The molecule has 7 nitrogen and oxygen atoms in total. The lowest BCUT2D eigenvalue weighted by Gasteiger charge is -2.09. The summed E-state index contributed by atoms with van der Waals surface area (Å²) in [6.07, 6.45) is 2.12. The molecule has 4 rings (SSSR count). The van der Waals surface area contributed by atoms with Crippen LogP contribution in [-0.4, -0.2) is 27.0 Å². The molecule has 0 fully saturated rings. The van der Waals surface area contributed by atoms with Crippen LogP contribution in [0.5, 0.6) is 5.75 Å². The number of carbonyl (C=O) groups excluding carboxylic acids is 1. The zero-order valence-corrected chi connectivity index (χ0v) is 16.4. The van der Waals surface area contributed by atoms with E-state index in [1.54, 1.807) is 30.3 Å². The maximum absolute atomic E-state index is 12.8. The third kappa shape index (κ3) is 3.53. The monoisotopic (exact) mass is 400 g/mol. The second kappa shape index (κ2) is 8.16. The number of rotatable bonds is 5. The van der Waals surface area contributed by atoms with Gasteiger partial charge in [-0.1, -0.05) is 55.5 Å². The number of hydrazone groups is 1. The summed E-state index contributed by atoms with van der Waals surface area (Å²) in [6.45, 7) is 2.35. The molecule has 0 aliphatic carbocycles. The van der Waals surface area contributed by atoms with Crippen molar-refractivity contribution in [1.82, 2.24) is 15.2 Å². The van der Waals surface area contributed by atoms with Gasteiger partial charge in [0.25, 0.3) is 11.5 Å². The largest absolute Gasteiger partial charge is 0.507 e. The molecule has 0 radical (unpaired) electrons. The van der Waals surface area contributed by atoms with Gasteiger partial charge in [0.15, 0.2) is 5.69 Å². The Morgan fingerprint density at radius 3 is 2.53 bits per heavy atom. The lowest BCUT2D eigenvalue weighted by atomic mass is 10.0. The lowest BCUT2D eigenvalue weighted by molar-refractivity contribution is 0.0949. The van der Waals surface area contributed by atoms with E-state index in [1.165, 1.54) is 10.9 Å². The highest BCUT2D eigenvalue weighted by atomic mass is 16.3. The smallest absolute Gasteiger partial charge is 0.292 e. The van der Waals surface area contributed by atoms with Crippen LogP contribution in [-0.2, 0) is 6.54 Å². The summed E-state index contributed by atoms with van der Waals surface area (Å²) in [7, 11) is 0. The summed E-state index contributed by atoms with van der Waals surface area (Å²) in [6, 6.07) is 17.8. The van der Waals surface area contributed by atoms with Gasteiger partial charge in [-0.05, 0) is 29.3 Å². The molecule has 30 heavy (non-hydrogen) atoms. The minimum Gasteiger partial charge on any atom is -0.507 e. The molecule has 1 heterocycles. The Labute approximate surface area is 172 Å². The molecule has 1 aromatic heterocycles. The van der Waals surface area contributed by atoms with E-state index in [1.807, 2.05) is 37.3 Å². The zero-order chi connectivity index (χ0) is 21.1. The van der Waals surface area contributed by atoms with Crippen LogP contribution in [0.1, 0.15) is 29.4 Å². The first-order chi connectivity index (χ1) is 14.6. The van der Waals surface area contributed by atoms with Crippen molar-refractivity contribution in [2.45, 2.75) is 19.9 Å². The van der Waals surface area contributed by atoms with E-state index >= 15 is 0 Å². The summed E-state index contributed by atoms with van der Waals surface area (Å²) < 4.78 is 1.30. The molecule has 150 valence electrons. The third-order valence-corrected chi connectivity index (χ3v) is 4.83. The Morgan fingerprint density at radius 2 is 1.77 bits per heavy atom. The summed E-state index contributed by atoms with van der Waals surface area (Å²) in [5.41, 5.74) is 2.86. The second-order valence-electron chi connectivity index (χ2n) is 6.84. The van der Waals surface area contributed by atoms with Crippen LogP contribution >= 0.6 is 0 Å². The van der Waals surface area contributed by atoms with Crippen LogP contribution in [0, 0.1) is 0 Å². The van der Waals surface area contributed by atoms with E-state index in [2.05, 4.69) is 15.6 Å². The first-order valence-electron chi connectivity index (χ1n) is 9.64. The molecule has 2 N–H and O–H groups in total. The van der Waals surface area contributed by atoms with Gasteiger partial charge in [-0.2, -0.15) is 10.2 Å². The fraction of sp³-hybridized carbons (Fsp3) is 0.130. The fourth-order valence-electron chi connectivity index (χ4n) is 3.39. The average Bonchev–Trinajstić information content (AvgIpc) is 2.77. The Kier molecular flexibility index (Phi) is 5.26. The summed E-state index contributed by atoms with van der Waals surface area (Å²) in [4.78, 5) is 25.4. The number of amides is 1. The lowest BCUT2D eigenvalue weighted by Crippen LogP contribution is -2.29. The molecular weight excluding hydrogens is 380 g/mol. The standard InChI is InChI=1S/C23H20N4O3/c1-2-13-27-23(30)18-10-6-5-9-17(18)21(26-27)22(29)25-24-14-19-16-8-4-3-7-15(16)11-12-20(19)28/h3-12,14,28H,2,13H2,1H3,(H,25,29)/b24-14+. The summed E-state index contributed by atoms with van der Waals surface area (Å²) >= 11 is 0. The molecule has 0 spiro atoms. The molecule has 0 atom stereocenters. The number of benzene rings is 3. The van der Waals surface area contributed by atoms with Gasteiger partial charge in [0.1, 0.15) is 5.75 Å². The van der Waals surface area contributed by atoms with Crippen molar-refractivity contribution < 1.29 is 9.90 Å². The number of aromatic nitrogens is 2. The number of nitrogens with zero attached hydrogens (tertiary/aromatic N) is 3. The first kappa shape index (κ1) is 19.3. The number of aromatic hydroxyl groups is 1. The molecule has 4 aromatic rings. The van der Waals surface area contributed by atoms with Crippen LogP contribution in [0.4, 0.5) is 0 Å². The maximum atomic E-state index is 12.8. The molecule has 1 amide bonds. The second-order valence-corrected chi connectivity index (χ2v) is 6.84. The van der Waals surface area contributed by atoms with E-state index < -0.39 is 5.91 Å². The van der Waals surface area contributed by atoms with Gasteiger partial charge in [-0.3, -0.25) is 9.59 Å². The van der Waals surface area contributed by atoms with Crippen molar-refractivity contribution in [3.63, 3.8) is 0 Å². The number of phenolic OH excluding ortho intramolecular Hbond substituents is 1. The van der Waals surface area contributed by atoms with Crippen LogP contribution in [0.3, 0.4) is 0 Å². The van der Waals surface area contributed by atoms with Crippen LogP contribution in [0.25, 0.3) is 21.5 Å². The first-order valence-corrected chi connectivity index (χ1v) is 9.64. The number of carbonyl (C=O) groups is 1. The Morgan fingerprint density at radius 1 is 1.07 bits per heavy atom. The van der Waals surface area contributed by atoms with Crippen molar-refractivity contribution in [3.8, 4) is 5.75 Å². The third-order valence-electron chi connectivity index (χ3n) is 4.83. The normalized spacial score (nSPS) is 11.4. The average molecular weight is 400 g/mol. The van der Waals surface area contributed by atoms with Crippen LogP contribution in [0.15, 0.2) is 70.6 Å². The van der Waals surface area contributed by atoms with Crippen molar-refractivity contribution in [3.05, 3.63) is 82.3 Å². The topological polar surface area (TPSA) is 96.6 Å². The molecule has 3 aromatic carbocycles. The molecule has 0 aliphatic heterocycles. The van der Waals surface area contributed by atoms with Gasteiger partial charge < -0.3 is 5.11 Å². The highest BCUT2D eigenvalue weighted by Gasteiger charge is 2.16. The Hall–Kier alpha value is -4.00. The van der Waals surface area contributed by atoms with Crippen LogP contribution < -0.4 is 11.0 Å². The van der Waals surface area contributed by atoms with Gasteiger partial charge in [-0.25, -0.2) is 10.1 Å². The predicted octanol–water partition coefficient (Wildman–Crippen LogP) is 3.43. The number of hydrogen-bond donors (Lipinski definition) is 2. The van der Waals surface area contributed by atoms with Crippen molar-refractivity contribution in [2.24, 2.45) is 5.10 Å². The van der Waals surface area contributed by atoms with Crippen molar-refractivity contribution >= 4 is 33.7 Å². The van der Waals surface area contributed by atoms with Gasteiger partial charge >= 0.3 is 0 Å². The molecule has 0 unspecified atom stereocenters. The quantitative estimate of drug-likeness (QED) is 0.396. The van der Waals surface area contributed by atoms with E-state index in [9.17, 15) is 14.7 Å².